The van der Waals surface area contributed by atoms with Crippen LogP contribution in [0.4, 0.5) is 0 Å². The molecule has 0 bridgehead atoms. The molecule has 2 aromatic rings. The summed E-state index contributed by atoms with van der Waals surface area (Å²) in [7, 11) is 0. The molecule has 0 saturated carbocycles. The van der Waals surface area contributed by atoms with E-state index in [-0.39, 0.29) is 5.54 Å². The highest BCUT2D eigenvalue weighted by Crippen LogP contribution is 2.15. The smallest absolute Gasteiger partial charge is 0.0720 e. The summed E-state index contributed by atoms with van der Waals surface area (Å²) < 4.78 is 0. The number of hydrogen-bond acceptors (Lipinski definition) is 3. The molecule has 3 nitrogen and oxygen atoms in total. The molecule has 3 heteroatoms. The van der Waals surface area contributed by atoms with Gasteiger partial charge in [0.1, 0.15) is 0 Å². The molecule has 1 N–H and O–H groups in total. The molecule has 0 saturated heterocycles. The van der Waals surface area contributed by atoms with E-state index in [1.165, 1.54) is 0 Å². The Morgan fingerprint density at radius 2 is 1.95 bits per heavy atom. The first-order chi connectivity index (χ1) is 9.04. The van der Waals surface area contributed by atoms with Crippen LogP contribution in [0, 0.1) is 0 Å². The van der Waals surface area contributed by atoms with Gasteiger partial charge in [-0.2, -0.15) is 0 Å². The highest BCUT2D eigenvalue weighted by molar-refractivity contribution is 5.57. The van der Waals surface area contributed by atoms with E-state index in [1.54, 1.807) is 6.20 Å². The average molecular weight is 255 g/mol. The van der Waals surface area contributed by atoms with Crippen molar-refractivity contribution < 1.29 is 0 Å². The van der Waals surface area contributed by atoms with Crippen molar-refractivity contribution >= 4 is 0 Å². The van der Waals surface area contributed by atoms with Gasteiger partial charge in [-0.05, 0) is 45.0 Å². The summed E-state index contributed by atoms with van der Waals surface area (Å²) in [6, 6.07) is 10.1. The molecule has 0 unspecified atom stereocenters. The molecule has 0 atom stereocenters. The highest BCUT2D eigenvalue weighted by atomic mass is 14.9. The Balaban J connectivity index is 2.04. The average Bonchev–Trinajstić information content (AvgIpc) is 2.39. The van der Waals surface area contributed by atoms with E-state index < -0.39 is 0 Å². The first-order valence-corrected chi connectivity index (χ1v) is 6.66. The molecule has 2 rings (SSSR count). The second kappa shape index (κ2) is 5.93. The number of nitrogens with one attached hydrogen (secondary N) is 1. The third-order valence-corrected chi connectivity index (χ3v) is 2.80. The molecule has 2 heterocycles. The Bertz CT molecular complexity index is 515. The molecule has 0 radical (unpaired) electrons. The van der Waals surface area contributed by atoms with E-state index >= 15 is 0 Å². The third kappa shape index (κ3) is 4.45. The molecular formula is C16H21N3. The Morgan fingerprint density at radius 1 is 1.11 bits per heavy atom. The van der Waals surface area contributed by atoms with Crippen LogP contribution in [-0.2, 0) is 6.42 Å². The van der Waals surface area contributed by atoms with E-state index in [2.05, 4.69) is 48.2 Å². The van der Waals surface area contributed by atoms with Gasteiger partial charge >= 0.3 is 0 Å². The maximum absolute atomic E-state index is 4.68. The van der Waals surface area contributed by atoms with Crippen LogP contribution in [0.5, 0.6) is 0 Å². The van der Waals surface area contributed by atoms with Gasteiger partial charge in [-0.1, -0.05) is 6.07 Å². The molecule has 100 valence electrons. The molecule has 0 aliphatic heterocycles. The Hall–Kier alpha value is -1.74. The van der Waals surface area contributed by atoms with E-state index in [1.807, 2.05) is 24.4 Å². The van der Waals surface area contributed by atoms with Gasteiger partial charge in [0, 0.05) is 42.2 Å². The molecule has 19 heavy (non-hydrogen) atoms. The van der Waals surface area contributed by atoms with Crippen LogP contribution in [-0.4, -0.2) is 22.1 Å². The predicted octanol–water partition coefficient (Wildman–Crippen LogP) is 3.07. The molecule has 0 spiro atoms. The summed E-state index contributed by atoms with van der Waals surface area (Å²) in [5.74, 6) is 0. The fraction of sp³-hybridized carbons (Fsp3) is 0.375. The van der Waals surface area contributed by atoms with Crippen molar-refractivity contribution in [3.63, 3.8) is 0 Å². The van der Waals surface area contributed by atoms with E-state index in [4.69, 9.17) is 0 Å². The molecule has 0 aromatic carbocycles. The van der Waals surface area contributed by atoms with E-state index in [9.17, 15) is 0 Å². The largest absolute Gasteiger partial charge is 0.312 e. The van der Waals surface area contributed by atoms with Crippen LogP contribution in [0.25, 0.3) is 11.3 Å². The van der Waals surface area contributed by atoms with Gasteiger partial charge < -0.3 is 5.32 Å². The quantitative estimate of drug-likeness (QED) is 0.912. The second-order valence-corrected chi connectivity index (χ2v) is 5.68. The molecule has 0 fully saturated rings. The number of pyridine rings is 2. The lowest BCUT2D eigenvalue weighted by molar-refractivity contribution is 0.428. The van der Waals surface area contributed by atoms with Crippen LogP contribution in [0.1, 0.15) is 26.5 Å². The summed E-state index contributed by atoms with van der Waals surface area (Å²) in [4.78, 5) is 8.82. The molecular weight excluding hydrogens is 234 g/mol. The third-order valence-electron chi connectivity index (χ3n) is 2.80. The monoisotopic (exact) mass is 255 g/mol. The maximum Gasteiger partial charge on any atom is 0.0720 e. The lowest BCUT2D eigenvalue weighted by atomic mass is 10.1. The summed E-state index contributed by atoms with van der Waals surface area (Å²) in [6.45, 7) is 7.46. The van der Waals surface area contributed by atoms with E-state index in [0.29, 0.717) is 0 Å². The van der Waals surface area contributed by atoms with Crippen molar-refractivity contribution in [2.45, 2.75) is 32.7 Å². The second-order valence-electron chi connectivity index (χ2n) is 5.68. The SMILES string of the molecule is CC(C)(C)NCCc1cccc(-c2cccnc2)n1. The fourth-order valence-corrected chi connectivity index (χ4v) is 1.86. The minimum Gasteiger partial charge on any atom is -0.312 e. The van der Waals surface area contributed by atoms with Gasteiger partial charge in [-0.3, -0.25) is 9.97 Å². The van der Waals surface area contributed by atoms with Gasteiger partial charge in [-0.25, -0.2) is 0 Å². The Morgan fingerprint density at radius 3 is 2.63 bits per heavy atom. The Labute approximate surface area is 115 Å². The van der Waals surface area contributed by atoms with Gasteiger partial charge in [0.15, 0.2) is 0 Å². The zero-order chi connectivity index (χ0) is 13.7. The molecule has 0 amide bonds. The summed E-state index contributed by atoms with van der Waals surface area (Å²) in [5, 5.41) is 3.48. The van der Waals surface area contributed by atoms with Crippen molar-refractivity contribution in [3.8, 4) is 11.3 Å². The van der Waals surface area contributed by atoms with Gasteiger partial charge in [0.25, 0.3) is 0 Å². The van der Waals surface area contributed by atoms with Crippen LogP contribution >= 0.6 is 0 Å². The first kappa shape index (κ1) is 13.7. The number of hydrogen-bond donors (Lipinski definition) is 1. The topological polar surface area (TPSA) is 37.8 Å². The normalized spacial score (nSPS) is 11.5. The van der Waals surface area contributed by atoms with Crippen molar-refractivity contribution in [1.82, 2.24) is 15.3 Å². The van der Waals surface area contributed by atoms with Crippen molar-refractivity contribution in [2.75, 3.05) is 6.54 Å². The number of nitrogens with zero attached hydrogens (tertiary/aromatic N) is 2. The first-order valence-electron chi connectivity index (χ1n) is 6.66. The van der Waals surface area contributed by atoms with Crippen LogP contribution < -0.4 is 5.32 Å². The molecule has 2 aromatic heterocycles. The zero-order valence-electron chi connectivity index (χ0n) is 11.9. The van der Waals surface area contributed by atoms with Gasteiger partial charge in [0.2, 0.25) is 0 Å². The summed E-state index contributed by atoms with van der Waals surface area (Å²) in [6.07, 6.45) is 4.56. The summed E-state index contributed by atoms with van der Waals surface area (Å²) in [5.41, 5.74) is 3.31. The lowest BCUT2D eigenvalue weighted by Gasteiger charge is -2.20. The van der Waals surface area contributed by atoms with Crippen molar-refractivity contribution in [2.24, 2.45) is 0 Å². The number of aromatic nitrogens is 2. The predicted molar refractivity (Wildman–Crippen MR) is 78.9 cm³/mol. The summed E-state index contributed by atoms with van der Waals surface area (Å²) >= 11 is 0. The van der Waals surface area contributed by atoms with Gasteiger partial charge in [0.05, 0.1) is 5.69 Å². The minimum absolute atomic E-state index is 0.154. The lowest BCUT2D eigenvalue weighted by Crippen LogP contribution is -2.37. The fourth-order valence-electron chi connectivity index (χ4n) is 1.86. The van der Waals surface area contributed by atoms with Crippen LogP contribution in [0.15, 0.2) is 42.7 Å². The standard InChI is InChI=1S/C16H21N3/c1-16(2,3)18-11-9-14-7-4-8-15(19-14)13-6-5-10-17-12-13/h4-8,10,12,18H,9,11H2,1-3H3. The van der Waals surface area contributed by atoms with E-state index in [0.717, 1.165) is 29.9 Å². The molecule has 0 aliphatic rings. The minimum atomic E-state index is 0.154. The maximum atomic E-state index is 4.68. The number of rotatable bonds is 4. The Kier molecular flexibility index (Phi) is 4.27. The van der Waals surface area contributed by atoms with Crippen molar-refractivity contribution in [1.29, 1.82) is 0 Å². The highest BCUT2D eigenvalue weighted by Gasteiger charge is 2.08. The van der Waals surface area contributed by atoms with Crippen molar-refractivity contribution in [3.05, 3.63) is 48.4 Å². The molecule has 0 aliphatic carbocycles. The van der Waals surface area contributed by atoms with Crippen LogP contribution in [0.2, 0.25) is 0 Å². The van der Waals surface area contributed by atoms with Crippen LogP contribution in [0.3, 0.4) is 0 Å². The zero-order valence-corrected chi connectivity index (χ0v) is 11.9. The van der Waals surface area contributed by atoms with Gasteiger partial charge in [-0.15, -0.1) is 0 Å².